The van der Waals surface area contributed by atoms with Crippen LogP contribution in [0.5, 0.6) is 5.75 Å². The van der Waals surface area contributed by atoms with Gasteiger partial charge in [0.15, 0.2) is 5.83 Å². The maximum atomic E-state index is 12.6. The van der Waals surface area contributed by atoms with E-state index in [1.807, 2.05) is 6.08 Å². The summed E-state index contributed by atoms with van der Waals surface area (Å²) in [7, 11) is 0. The van der Waals surface area contributed by atoms with Crippen molar-refractivity contribution in [2.24, 2.45) is 11.8 Å². The Balaban J connectivity index is 1.64. The Morgan fingerprint density at radius 1 is 1.07 bits per heavy atom. The van der Waals surface area contributed by atoms with Crippen molar-refractivity contribution < 1.29 is 22.3 Å². The highest BCUT2D eigenvalue weighted by molar-refractivity contribution is 5.27. The summed E-state index contributed by atoms with van der Waals surface area (Å²) in [6, 6.07) is 7.56. The van der Waals surface area contributed by atoms with Crippen molar-refractivity contribution in [1.29, 1.82) is 5.26 Å². The zero-order valence-electron chi connectivity index (χ0n) is 15.7. The number of hydrogen-bond donors (Lipinski definition) is 0. The number of aryl methyl sites for hydroxylation is 1. The first-order chi connectivity index (χ1) is 13.4. The molecule has 6 heteroatoms. The average molecular weight is 395 g/mol. The molecule has 0 spiro atoms. The van der Waals surface area contributed by atoms with Gasteiger partial charge in [-0.1, -0.05) is 50.0 Å². The predicted molar refractivity (Wildman–Crippen MR) is 100 cm³/mol. The average Bonchev–Trinajstić information content (AvgIpc) is 2.66. The van der Waals surface area contributed by atoms with Gasteiger partial charge in [0.05, 0.1) is 0 Å². The molecular weight excluding hydrogens is 370 g/mol. The third-order valence-electron chi connectivity index (χ3n) is 5.19. The molecule has 0 radical (unpaired) electrons. The fourth-order valence-electron chi connectivity index (χ4n) is 3.66. The van der Waals surface area contributed by atoms with Crippen LogP contribution in [-0.4, -0.2) is 6.36 Å². The number of halogens is 4. The van der Waals surface area contributed by atoms with Crippen LogP contribution >= 0.6 is 0 Å². The third-order valence-corrected chi connectivity index (χ3v) is 5.19. The first-order valence-corrected chi connectivity index (χ1v) is 9.63. The number of rotatable bonds is 8. The fourth-order valence-corrected chi connectivity index (χ4v) is 3.66. The summed E-state index contributed by atoms with van der Waals surface area (Å²) in [6.45, 7) is 0. The summed E-state index contributed by atoms with van der Waals surface area (Å²) in [5.41, 5.74) is 1.03. The molecule has 1 aromatic carbocycles. The summed E-state index contributed by atoms with van der Waals surface area (Å²) in [6.07, 6.45) is 8.59. The molecule has 0 N–H and O–H groups in total. The van der Waals surface area contributed by atoms with Crippen LogP contribution in [-0.2, 0) is 6.42 Å². The second-order valence-electron chi connectivity index (χ2n) is 7.25. The van der Waals surface area contributed by atoms with E-state index in [9.17, 15) is 17.6 Å². The first-order valence-electron chi connectivity index (χ1n) is 9.63. The van der Waals surface area contributed by atoms with E-state index in [2.05, 4.69) is 4.74 Å². The van der Waals surface area contributed by atoms with Gasteiger partial charge in [-0.3, -0.25) is 0 Å². The SMILES string of the molecule is N#C/C(F)=C/C=C/CCC1CCC(CCc2ccc(OC(F)(F)F)cc2)CC1. The van der Waals surface area contributed by atoms with Crippen molar-refractivity contribution in [2.75, 3.05) is 0 Å². The molecule has 1 fully saturated rings. The summed E-state index contributed by atoms with van der Waals surface area (Å²) in [5.74, 6) is 0.381. The van der Waals surface area contributed by atoms with Crippen LogP contribution in [0.2, 0.25) is 0 Å². The highest BCUT2D eigenvalue weighted by atomic mass is 19.4. The van der Waals surface area contributed by atoms with Crippen molar-refractivity contribution in [3.05, 3.63) is 53.9 Å². The summed E-state index contributed by atoms with van der Waals surface area (Å²) in [5, 5.41) is 8.32. The van der Waals surface area contributed by atoms with Gasteiger partial charge >= 0.3 is 6.36 Å². The molecule has 1 saturated carbocycles. The number of ether oxygens (including phenoxy) is 1. The smallest absolute Gasteiger partial charge is 0.406 e. The monoisotopic (exact) mass is 395 g/mol. The molecule has 0 aliphatic heterocycles. The molecule has 1 aliphatic carbocycles. The van der Waals surface area contributed by atoms with Crippen molar-refractivity contribution >= 4 is 0 Å². The van der Waals surface area contributed by atoms with Gasteiger partial charge in [0.2, 0.25) is 0 Å². The Morgan fingerprint density at radius 3 is 2.25 bits per heavy atom. The van der Waals surface area contributed by atoms with Crippen LogP contribution in [0, 0.1) is 23.2 Å². The van der Waals surface area contributed by atoms with E-state index >= 15 is 0 Å². The van der Waals surface area contributed by atoms with Gasteiger partial charge in [-0.05, 0) is 61.3 Å². The van der Waals surface area contributed by atoms with Gasteiger partial charge in [-0.15, -0.1) is 13.2 Å². The standard InChI is InChI=1S/C22H25F4NO/c23-20(16-27)5-3-1-2-4-17-6-8-18(9-7-17)10-11-19-12-14-21(15-13-19)28-22(24,25)26/h1,3,5,12-15,17-18H,2,4,6-11H2/b3-1+,20-5-. The van der Waals surface area contributed by atoms with E-state index < -0.39 is 12.2 Å². The summed E-state index contributed by atoms with van der Waals surface area (Å²) < 4.78 is 53.0. The van der Waals surface area contributed by atoms with Crippen LogP contribution in [0.4, 0.5) is 17.6 Å². The number of hydrogen-bond acceptors (Lipinski definition) is 2. The highest BCUT2D eigenvalue weighted by Crippen LogP contribution is 2.34. The Morgan fingerprint density at radius 2 is 1.68 bits per heavy atom. The lowest BCUT2D eigenvalue weighted by molar-refractivity contribution is -0.274. The lowest BCUT2D eigenvalue weighted by atomic mass is 9.78. The normalized spacial score (nSPS) is 20.9. The largest absolute Gasteiger partial charge is 0.573 e. The Hall–Kier alpha value is -2.29. The molecule has 2 rings (SSSR count). The topological polar surface area (TPSA) is 33.0 Å². The van der Waals surface area contributed by atoms with Crippen molar-refractivity contribution in [3.63, 3.8) is 0 Å². The molecule has 28 heavy (non-hydrogen) atoms. The minimum Gasteiger partial charge on any atom is -0.406 e. The van der Waals surface area contributed by atoms with Crippen molar-refractivity contribution in [2.45, 2.75) is 57.7 Å². The predicted octanol–water partition coefficient (Wildman–Crippen LogP) is 7.04. The second kappa shape index (κ2) is 10.9. The molecule has 152 valence electrons. The Bertz CT molecular complexity index is 693. The first kappa shape index (κ1) is 22.0. The van der Waals surface area contributed by atoms with Crippen molar-refractivity contribution in [3.8, 4) is 11.8 Å². The minimum atomic E-state index is -4.65. The summed E-state index contributed by atoms with van der Waals surface area (Å²) >= 11 is 0. The van der Waals surface area contributed by atoms with Crippen LogP contribution < -0.4 is 4.74 Å². The zero-order chi connectivity index (χ0) is 20.4. The lowest BCUT2D eigenvalue weighted by Gasteiger charge is -2.28. The van der Waals surface area contributed by atoms with Gasteiger partial charge in [0, 0.05) is 0 Å². The molecule has 2 nitrogen and oxygen atoms in total. The van der Waals surface area contributed by atoms with Crippen LogP contribution in [0.1, 0.15) is 50.5 Å². The minimum absolute atomic E-state index is 0.184. The highest BCUT2D eigenvalue weighted by Gasteiger charge is 2.31. The molecule has 0 atom stereocenters. The van der Waals surface area contributed by atoms with Crippen LogP contribution in [0.3, 0.4) is 0 Å². The summed E-state index contributed by atoms with van der Waals surface area (Å²) in [4.78, 5) is 0. The molecule has 1 aromatic rings. The molecule has 0 bridgehead atoms. The van der Waals surface area contributed by atoms with Crippen molar-refractivity contribution in [1.82, 2.24) is 0 Å². The number of nitrogens with zero attached hydrogens (tertiary/aromatic N) is 1. The Labute approximate surface area is 163 Å². The quantitative estimate of drug-likeness (QED) is 0.269. The number of alkyl halides is 3. The maximum absolute atomic E-state index is 12.6. The van der Waals surface area contributed by atoms with E-state index in [-0.39, 0.29) is 5.75 Å². The molecule has 1 aliphatic rings. The molecule has 0 amide bonds. The third kappa shape index (κ3) is 8.60. The van der Waals surface area contributed by atoms with E-state index in [0.717, 1.165) is 31.2 Å². The number of nitriles is 1. The van der Waals surface area contributed by atoms with E-state index in [1.165, 1.54) is 50.0 Å². The van der Waals surface area contributed by atoms with E-state index in [0.29, 0.717) is 11.8 Å². The zero-order valence-corrected chi connectivity index (χ0v) is 15.7. The van der Waals surface area contributed by atoms with Gasteiger partial charge in [0.1, 0.15) is 11.8 Å². The molecular formula is C22H25F4NO. The Kier molecular flexibility index (Phi) is 8.56. The van der Waals surface area contributed by atoms with E-state index in [4.69, 9.17) is 5.26 Å². The van der Waals surface area contributed by atoms with Gasteiger partial charge < -0.3 is 4.74 Å². The molecule has 0 saturated heterocycles. The second-order valence-corrected chi connectivity index (χ2v) is 7.25. The molecule has 0 aromatic heterocycles. The molecule has 0 unspecified atom stereocenters. The molecule has 0 heterocycles. The van der Waals surface area contributed by atoms with Gasteiger partial charge in [-0.25, -0.2) is 0 Å². The maximum Gasteiger partial charge on any atom is 0.573 e. The van der Waals surface area contributed by atoms with Crippen LogP contribution in [0.15, 0.2) is 48.3 Å². The number of benzene rings is 1. The van der Waals surface area contributed by atoms with Gasteiger partial charge in [-0.2, -0.15) is 9.65 Å². The van der Waals surface area contributed by atoms with Crippen LogP contribution in [0.25, 0.3) is 0 Å². The van der Waals surface area contributed by atoms with E-state index in [1.54, 1.807) is 18.2 Å². The lowest BCUT2D eigenvalue weighted by Crippen LogP contribution is -2.17. The number of allylic oxidation sites excluding steroid dienone is 4. The fraction of sp³-hybridized carbons (Fsp3) is 0.500. The van der Waals surface area contributed by atoms with Gasteiger partial charge in [0.25, 0.3) is 0 Å².